The number of hydrogen-bond acceptors (Lipinski definition) is 5. The highest BCUT2D eigenvalue weighted by Gasteiger charge is 2.34. The lowest BCUT2D eigenvalue weighted by Crippen LogP contribution is -2.46. The molecule has 2 aromatic rings. The third-order valence-corrected chi connectivity index (χ3v) is 4.55. The standard InChI is InChI=1S/C18H18BrN3O5/c19-13-3-5-14(6-4-13)27-11-16(23)20-21-18(25)12-8-17(24)22(9-12)10-15-2-1-7-26-15/h1-7,12H,8-11H2,(H,20,23)(H,21,25). The van der Waals surface area contributed by atoms with Crippen LogP contribution in [0.15, 0.2) is 51.6 Å². The van der Waals surface area contributed by atoms with E-state index < -0.39 is 17.7 Å². The molecule has 0 saturated carbocycles. The fourth-order valence-electron chi connectivity index (χ4n) is 2.64. The fourth-order valence-corrected chi connectivity index (χ4v) is 2.90. The Balaban J connectivity index is 1.40. The SMILES string of the molecule is O=C(COc1ccc(Br)cc1)NNC(=O)C1CC(=O)N(Cc2ccco2)C1. The van der Waals surface area contributed by atoms with Crippen LogP contribution in [0, 0.1) is 5.92 Å². The van der Waals surface area contributed by atoms with E-state index in [2.05, 4.69) is 26.8 Å². The molecule has 1 atom stereocenters. The van der Waals surface area contributed by atoms with Crippen molar-refractivity contribution in [1.82, 2.24) is 15.8 Å². The van der Waals surface area contributed by atoms with Gasteiger partial charge < -0.3 is 14.1 Å². The minimum Gasteiger partial charge on any atom is -0.484 e. The number of nitrogens with zero attached hydrogens (tertiary/aromatic N) is 1. The van der Waals surface area contributed by atoms with Crippen molar-refractivity contribution < 1.29 is 23.5 Å². The van der Waals surface area contributed by atoms with Crippen molar-refractivity contribution in [2.24, 2.45) is 5.92 Å². The van der Waals surface area contributed by atoms with Crippen molar-refractivity contribution in [2.45, 2.75) is 13.0 Å². The van der Waals surface area contributed by atoms with Gasteiger partial charge >= 0.3 is 0 Å². The molecule has 0 aliphatic carbocycles. The molecule has 0 bridgehead atoms. The number of hydrogen-bond donors (Lipinski definition) is 2. The van der Waals surface area contributed by atoms with Crippen LogP contribution >= 0.6 is 15.9 Å². The number of halogens is 1. The number of ether oxygens (including phenoxy) is 1. The van der Waals surface area contributed by atoms with Crippen molar-refractivity contribution in [3.8, 4) is 5.75 Å². The Labute approximate surface area is 163 Å². The molecule has 1 aliphatic heterocycles. The highest BCUT2D eigenvalue weighted by Crippen LogP contribution is 2.20. The van der Waals surface area contributed by atoms with Gasteiger partial charge in [0.2, 0.25) is 11.8 Å². The second-order valence-corrected chi connectivity index (χ2v) is 6.95. The Morgan fingerprint density at radius 1 is 1.22 bits per heavy atom. The third kappa shape index (κ3) is 5.33. The number of amides is 3. The quantitative estimate of drug-likeness (QED) is 0.671. The first-order valence-corrected chi connectivity index (χ1v) is 9.08. The van der Waals surface area contributed by atoms with Crippen LogP contribution in [0.5, 0.6) is 5.75 Å². The number of carbonyl (C=O) groups excluding carboxylic acids is 3. The lowest BCUT2D eigenvalue weighted by atomic mass is 10.1. The molecule has 8 nitrogen and oxygen atoms in total. The van der Waals surface area contributed by atoms with Crippen molar-refractivity contribution in [2.75, 3.05) is 13.2 Å². The van der Waals surface area contributed by atoms with Crippen molar-refractivity contribution in [1.29, 1.82) is 0 Å². The van der Waals surface area contributed by atoms with Crippen molar-refractivity contribution in [3.63, 3.8) is 0 Å². The molecule has 2 N–H and O–H groups in total. The summed E-state index contributed by atoms with van der Waals surface area (Å²) in [4.78, 5) is 37.6. The zero-order valence-electron chi connectivity index (χ0n) is 14.3. The molecule has 0 spiro atoms. The molecule has 0 radical (unpaired) electrons. The number of carbonyl (C=O) groups is 3. The predicted octanol–water partition coefficient (Wildman–Crippen LogP) is 1.62. The summed E-state index contributed by atoms with van der Waals surface area (Å²) < 4.78 is 11.4. The Hall–Kier alpha value is -2.81. The fraction of sp³-hybridized carbons (Fsp3) is 0.278. The van der Waals surface area contributed by atoms with E-state index in [1.807, 2.05) is 0 Å². The van der Waals surface area contributed by atoms with Crippen LogP contribution < -0.4 is 15.6 Å². The normalized spacial score (nSPS) is 16.3. The number of likely N-dealkylation sites (tertiary alicyclic amines) is 1. The molecule has 2 heterocycles. The van der Waals surface area contributed by atoms with Crippen LogP contribution in [0.1, 0.15) is 12.2 Å². The zero-order valence-corrected chi connectivity index (χ0v) is 15.9. The Morgan fingerprint density at radius 3 is 2.70 bits per heavy atom. The van der Waals surface area contributed by atoms with Gasteiger partial charge in [0.05, 0.1) is 18.7 Å². The maximum Gasteiger partial charge on any atom is 0.276 e. The summed E-state index contributed by atoms with van der Waals surface area (Å²) in [5.74, 6) is -0.376. The van der Waals surface area contributed by atoms with Crippen LogP contribution in [0.4, 0.5) is 0 Å². The molecule has 27 heavy (non-hydrogen) atoms. The summed E-state index contributed by atoms with van der Waals surface area (Å²) in [5.41, 5.74) is 4.64. The third-order valence-electron chi connectivity index (χ3n) is 4.02. The minimum atomic E-state index is -0.528. The molecular formula is C18H18BrN3O5. The molecule has 1 aromatic heterocycles. The first-order chi connectivity index (χ1) is 13.0. The Morgan fingerprint density at radius 2 is 2.00 bits per heavy atom. The van der Waals surface area contributed by atoms with Gasteiger partial charge in [0.15, 0.2) is 6.61 Å². The first kappa shape index (κ1) is 19.0. The molecule has 1 fully saturated rings. The largest absolute Gasteiger partial charge is 0.484 e. The van der Waals surface area contributed by atoms with Gasteiger partial charge in [-0.1, -0.05) is 15.9 Å². The summed E-state index contributed by atoms with van der Waals surface area (Å²) in [6.45, 7) is 0.357. The lowest BCUT2D eigenvalue weighted by molar-refractivity contribution is -0.132. The number of furan rings is 1. The predicted molar refractivity (Wildman–Crippen MR) is 98.2 cm³/mol. The Bertz CT molecular complexity index is 807. The van der Waals surface area contributed by atoms with Crippen molar-refractivity contribution in [3.05, 3.63) is 52.9 Å². The minimum absolute atomic E-state index is 0.0950. The van der Waals surface area contributed by atoms with Gasteiger partial charge in [-0.3, -0.25) is 25.2 Å². The smallest absolute Gasteiger partial charge is 0.276 e. The molecule has 1 aromatic carbocycles. The molecule has 9 heteroatoms. The number of benzene rings is 1. The lowest BCUT2D eigenvalue weighted by Gasteiger charge is -2.15. The topological polar surface area (TPSA) is 101 Å². The highest BCUT2D eigenvalue weighted by molar-refractivity contribution is 9.10. The van der Waals surface area contributed by atoms with Gasteiger partial charge in [-0.05, 0) is 36.4 Å². The van der Waals surface area contributed by atoms with E-state index in [0.717, 1.165) is 4.47 Å². The molecule has 3 rings (SSSR count). The van der Waals surface area contributed by atoms with Crippen molar-refractivity contribution >= 4 is 33.7 Å². The van der Waals surface area contributed by atoms with Gasteiger partial charge in [0, 0.05) is 17.4 Å². The Kier molecular flexibility index (Phi) is 6.12. The van der Waals surface area contributed by atoms with E-state index in [9.17, 15) is 14.4 Å². The summed E-state index contributed by atoms with van der Waals surface area (Å²) in [7, 11) is 0. The average Bonchev–Trinajstić information content (AvgIpc) is 3.30. The van der Waals surface area contributed by atoms with Gasteiger partial charge in [0.1, 0.15) is 11.5 Å². The van der Waals surface area contributed by atoms with E-state index in [-0.39, 0.29) is 25.5 Å². The second-order valence-electron chi connectivity index (χ2n) is 6.03. The van der Waals surface area contributed by atoms with Crippen LogP contribution in [-0.4, -0.2) is 35.8 Å². The van der Waals surface area contributed by atoms with E-state index in [4.69, 9.17) is 9.15 Å². The van der Waals surface area contributed by atoms with E-state index in [1.54, 1.807) is 41.3 Å². The molecule has 1 unspecified atom stereocenters. The maximum absolute atomic E-state index is 12.2. The summed E-state index contributed by atoms with van der Waals surface area (Å²) in [6, 6.07) is 10.5. The van der Waals surface area contributed by atoms with E-state index in [0.29, 0.717) is 18.1 Å². The van der Waals surface area contributed by atoms with E-state index in [1.165, 1.54) is 6.26 Å². The number of nitrogens with one attached hydrogen (secondary N) is 2. The molecule has 142 valence electrons. The summed E-state index contributed by atoms with van der Waals surface area (Å²) >= 11 is 3.31. The summed E-state index contributed by atoms with van der Waals surface area (Å²) in [6.07, 6.45) is 1.63. The zero-order chi connectivity index (χ0) is 19.2. The van der Waals surface area contributed by atoms with Crippen LogP contribution in [0.2, 0.25) is 0 Å². The van der Waals surface area contributed by atoms with Crippen LogP contribution in [0.3, 0.4) is 0 Å². The monoisotopic (exact) mass is 435 g/mol. The number of rotatable bonds is 6. The van der Waals surface area contributed by atoms with Gasteiger partial charge in [-0.2, -0.15) is 0 Å². The maximum atomic E-state index is 12.2. The second kappa shape index (κ2) is 8.72. The van der Waals surface area contributed by atoms with Gasteiger partial charge in [0.25, 0.3) is 5.91 Å². The summed E-state index contributed by atoms with van der Waals surface area (Å²) in [5, 5.41) is 0. The number of hydrazine groups is 1. The highest BCUT2D eigenvalue weighted by atomic mass is 79.9. The van der Waals surface area contributed by atoms with Crippen LogP contribution in [0.25, 0.3) is 0 Å². The van der Waals surface area contributed by atoms with Gasteiger partial charge in [-0.15, -0.1) is 0 Å². The molecule has 1 aliphatic rings. The molecule has 3 amide bonds. The van der Waals surface area contributed by atoms with Gasteiger partial charge in [-0.25, -0.2) is 0 Å². The molecule has 1 saturated heterocycles. The first-order valence-electron chi connectivity index (χ1n) is 8.28. The van der Waals surface area contributed by atoms with E-state index >= 15 is 0 Å². The molecular weight excluding hydrogens is 418 g/mol. The van der Waals surface area contributed by atoms with Crippen LogP contribution in [-0.2, 0) is 20.9 Å². The average molecular weight is 436 g/mol.